The summed E-state index contributed by atoms with van der Waals surface area (Å²) in [5, 5.41) is 6.77. The number of hydrogen-bond acceptors (Lipinski definition) is 3. The molecular formula is C61H39FN4. The van der Waals surface area contributed by atoms with Gasteiger partial charge in [0.15, 0.2) is 5.82 Å². The molecule has 5 heteroatoms. The van der Waals surface area contributed by atoms with Crippen molar-refractivity contribution in [3.8, 4) is 28.2 Å². The van der Waals surface area contributed by atoms with E-state index in [0.29, 0.717) is 5.82 Å². The predicted octanol–water partition coefficient (Wildman–Crippen LogP) is 15.5. The lowest BCUT2D eigenvalue weighted by Gasteiger charge is -2.34. The second-order valence-electron chi connectivity index (χ2n) is 17.1. The summed E-state index contributed by atoms with van der Waals surface area (Å²) in [7, 11) is 0. The van der Waals surface area contributed by atoms with Gasteiger partial charge < -0.3 is 9.47 Å². The summed E-state index contributed by atoms with van der Waals surface area (Å²) >= 11 is 0. The quantitative estimate of drug-likeness (QED) is 0.150. The van der Waals surface area contributed by atoms with E-state index in [0.717, 1.165) is 66.3 Å². The number of fused-ring (bicyclic) bond motifs is 9. The van der Waals surface area contributed by atoms with Crippen LogP contribution in [0, 0.1) is 5.82 Å². The molecule has 0 radical (unpaired) electrons. The lowest BCUT2D eigenvalue weighted by molar-refractivity contribution is 0.628. The van der Waals surface area contributed by atoms with Gasteiger partial charge in [0.1, 0.15) is 5.82 Å². The standard InChI is InChI=1S/C61H39FN4/c62-44-28-30-45(31-29-44)65(59-36-40-15-7-8-20-48(40)49-21-9-10-23-52(49)59)47-38-63-60(64-39-47)41-27-34-58-54(35-41)53-24-12-14-26-57(53)66(58)46-32-33-51-50-22-11-13-25-55(50)61(56(51)37-46,42-16-3-1-4-17-42)43-18-5-2-6-19-43/h1-39H. The Bertz CT molecular complexity index is 3780. The number of anilines is 3. The summed E-state index contributed by atoms with van der Waals surface area (Å²) in [6.07, 6.45) is 3.74. The van der Waals surface area contributed by atoms with Gasteiger partial charge in [0.2, 0.25) is 0 Å². The molecule has 0 bridgehead atoms. The van der Waals surface area contributed by atoms with Crippen molar-refractivity contribution in [1.29, 1.82) is 0 Å². The fourth-order valence-electron chi connectivity index (χ4n) is 10.8. The van der Waals surface area contributed by atoms with Crippen molar-refractivity contribution in [2.75, 3.05) is 4.90 Å². The smallest absolute Gasteiger partial charge is 0.159 e. The highest BCUT2D eigenvalue weighted by Crippen LogP contribution is 2.56. The highest BCUT2D eigenvalue weighted by atomic mass is 19.1. The van der Waals surface area contributed by atoms with E-state index in [1.54, 1.807) is 12.1 Å². The molecule has 0 unspecified atom stereocenters. The fourth-order valence-corrected chi connectivity index (χ4v) is 10.8. The Morgan fingerprint density at radius 1 is 0.424 bits per heavy atom. The maximum atomic E-state index is 14.4. The van der Waals surface area contributed by atoms with E-state index in [1.165, 1.54) is 50.9 Å². The minimum Gasteiger partial charge on any atom is -0.309 e. The monoisotopic (exact) mass is 846 g/mol. The van der Waals surface area contributed by atoms with Crippen LogP contribution in [-0.4, -0.2) is 14.5 Å². The van der Waals surface area contributed by atoms with Crippen LogP contribution in [0.2, 0.25) is 0 Å². The van der Waals surface area contributed by atoms with Gasteiger partial charge in [0, 0.05) is 33.1 Å². The molecule has 0 spiro atoms. The Balaban J connectivity index is 0.947. The maximum Gasteiger partial charge on any atom is 0.159 e. The molecule has 1 aliphatic carbocycles. The highest BCUT2D eigenvalue weighted by molar-refractivity contribution is 6.15. The summed E-state index contributed by atoms with van der Waals surface area (Å²) in [6.45, 7) is 0. The third-order valence-electron chi connectivity index (χ3n) is 13.6. The number of aromatic nitrogens is 3. The molecule has 0 saturated heterocycles. The normalized spacial score (nSPS) is 12.7. The lowest BCUT2D eigenvalue weighted by atomic mass is 9.67. The van der Waals surface area contributed by atoms with Crippen LogP contribution in [0.1, 0.15) is 22.3 Å². The van der Waals surface area contributed by atoms with Gasteiger partial charge in [-0.1, -0.05) is 158 Å². The van der Waals surface area contributed by atoms with Crippen molar-refractivity contribution in [2.24, 2.45) is 0 Å². The number of hydrogen-bond donors (Lipinski definition) is 0. The van der Waals surface area contributed by atoms with Crippen molar-refractivity contribution in [3.63, 3.8) is 0 Å². The number of nitrogens with zero attached hydrogens (tertiary/aromatic N) is 4. The Morgan fingerprint density at radius 3 is 1.79 bits per heavy atom. The first-order valence-corrected chi connectivity index (χ1v) is 22.3. The molecule has 0 atom stereocenters. The van der Waals surface area contributed by atoms with E-state index in [9.17, 15) is 4.39 Å². The molecule has 2 heterocycles. The molecule has 310 valence electrons. The Morgan fingerprint density at radius 2 is 1.03 bits per heavy atom. The SMILES string of the molecule is Fc1ccc(N(c2cnc(-c3ccc4c(c3)c3ccccc3n4-c3ccc4c(c3)C(c3ccccc3)(c3ccccc3)c3ccccc3-4)nc2)c2cc3ccccc3c3ccccc23)cc1. The van der Waals surface area contributed by atoms with E-state index < -0.39 is 5.41 Å². The maximum absolute atomic E-state index is 14.4. The Labute approximate surface area is 381 Å². The number of halogens is 1. The zero-order valence-electron chi connectivity index (χ0n) is 35.7. The van der Waals surface area contributed by atoms with Crippen molar-refractivity contribution in [2.45, 2.75) is 5.41 Å². The van der Waals surface area contributed by atoms with Gasteiger partial charge in [-0.3, -0.25) is 0 Å². The van der Waals surface area contributed by atoms with Gasteiger partial charge in [0.25, 0.3) is 0 Å². The number of para-hydroxylation sites is 1. The Hall–Kier alpha value is -8.67. The van der Waals surface area contributed by atoms with Gasteiger partial charge in [-0.15, -0.1) is 0 Å². The first kappa shape index (κ1) is 37.8. The molecule has 0 amide bonds. The number of rotatable bonds is 7. The molecule has 1 aliphatic rings. The van der Waals surface area contributed by atoms with Crippen LogP contribution in [0.25, 0.3) is 71.6 Å². The second kappa shape index (κ2) is 15.0. The third-order valence-corrected chi connectivity index (χ3v) is 13.6. The van der Waals surface area contributed by atoms with Crippen LogP contribution in [0.15, 0.2) is 237 Å². The molecule has 13 rings (SSSR count). The zero-order chi connectivity index (χ0) is 43.8. The highest BCUT2D eigenvalue weighted by Gasteiger charge is 2.46. The first-order chi connectivity index (χ1) is 32.6. The zero-order valence-corrected chi connectivity index (χ0v) is 35.7. The summed E-state index contributed by atoms with van der Waals surface area (Å²) in [5.74, 6) is 0.324. The minimum atomic E-state index is -0.506. The van der Waals surface area contributed by atoms with Gasteiger partial charge in [-0.25, -0.2) is 14.4 Å². The first-order valence-electron chi connectivity index (χ1n) is 22.3. The average molecular weight is 847 g/mol. The molecule has 12 aromatic rings. The fraction of sp³-hybridized carbons (Fsp3) is 0.0164. The lowest BCUT2D eigenvalue weighted by Crippen LogP contribution is -2.28. The van der Waals surface area contributed by atoms with Crippen LogP contribution in [0.3, 0.4) is 0 Å². The summed E-state index contributed by atoms with van der Waals surface area (Å²) in [5.41, 5.74) is 13.8. The van der Waals surface area contributed by atoms with E-state index in [1.807, 2.05) is 12.4 Å². The summed E-state index contributed by atoms with van der Waals surface area (Å²) in [4.78, 5) is 12.2. The predicted molar refractivity (Wildman–Crippen MR) is 269 cm³/mol. The minimum absolute atomic E-state index is 0.292. The van der Waals surface area contributed by atoms with Crippen LogP contribution in [0.4, 0.5) is 21.5 Å². The van der Waals surface area contributed by atoms with Gasteiger partial charge in [0.05, 0.1) is 40.2 Å². The van der Waals surface area contributed by atoms with E-state index in [2.05, 4.69) is 210 Å². The third kappa shape index (κ3) is 5.70. The summed E-state index contributed by atoms with van der Waals surface area (Å²) < 4.78 is 16.8. The molecule has 0 aliphatic heterocycles. The second-order valence-corrected chi connectivity index (χ2v) is 17.1. The van der Waals surface area contributed by atoms with E-state index in [-0.39, 0.29) is 5.82 Å². The Kier molecular flexibility index (Phi) is 8.58. The van der Waals surface area contributed by atoms with E-state index in [4.69, 9.17) is 9.97 Å². The molecule has 10 aromatic carbocycles. The van der Waals surface area contributed by atoms with Crippen LogP contribution in [0.5, 0.6) is 0 Å². The van der Waals surface area contributed by atoms with Crippen LogP contribution < -0.4 is 4.90 Å². The molecule has 0 saturated carbocycles. The summed E-state index contributed by atoms with van der Waals surface area (Å²) in [6, 6.07) is 78.6. The van der Waals surface area contributed by atoms with Gasteiger partial charge in [-0.05, 0) is 116 Å². The topological polar surface area (TPSA) is 34.0 Å². The largest absolute Gasteiger partial charge is 0.309 e. The van der Waals surface area contributed by atoms with Gasteiger partial charge >= 0.3 is 0 Å². The molecule has 0 N–H and O–H groups in total. The molecule has 66 heavy (non-hydrogen) atoms. The van der Waals surface area contributed by atoms with Crippen molar-refractivity contribution in [1.82, 2.24) is 14.5 Å². The van der Waals surface area contributed by atoms with Crippen molar-refractivity contribution in [3.05, 3.63) is 265 Å². The molecule has 4 nitrogen and oxygen atoms in total. The number of benzene rings is 10. The van der Waals surface area contributed by atoms with E-state index >= 15 is 0 Å². The van der Waals surface area contributed by atoms with Crippen molar-refractivity contribution < 1.29 is 4.39 Å². The molecule has 0 fully saturated rings. The van der Waals surface area contributed by atoms with Crippen LogP contribution in [-0.2, 0) is 5.41 Å². The van der Waals surface area contributed by atoms with Crippen molar-refractivity contribution >= 4 is 60.4 Å². The molecule has 2 aromatic heterocycles. The molecular weight excluding hydrogens is 808 g/mol. The average Bonchev–Trinajstić information content (AvgIpc) is 3.88. The van der Waals surface area contributed by atoms with Crippen LogP contribution >= 0.6 is 0 Å². The van der Waals surface area contributed by atoms with Gasteiger partial charge in [-0.2, -0.15) is 0 Å².